The predicted octanol–water partition coefficient (Wildman–Crippen LogP) is 2.20. The third-order valence-corrected chi connectivity index (χ3v) is 3.93. The lowest BCUT2D eigenvalue weighted by Gasteiger charge is -2.12. The number of benzene rings is 1. The second-order valence-electron chi connectivity index (χ2n) is 5.56. The number of aromatic nitrogens is 3. The maximum absolute atomic E-state index is 12.6. The van der Waals surface area contributed by atoms with Crippen molar-refractivity contribution in [2.75, 3.05) is 5.32 Å². The van der Waals surface area contributed by atoms with Crippen LogP contribution >= 0.6 is 0 Å². The maximum Gasteiger partial charge on any atom is 0.267 e. The van der Waals surface area contributed by atoms with Gasteiger partial charge in [0.2, 0.25) is 5.91 Å². The van der Waals surface area contributed by atoms with Crippen molar-refractivity contribution >= 4 is 22.7 Å². The molecule has 124 valence electrons. The van der Waals surface area contributed by atoms with Gasteiger partial charge in [-0.3, -0.25) is 14.2 Å². The first-order valence-electron chi connectivity index (χ1n) is 7.72. The van der Waals surface area contributed by atoms with Crippen molar-refractivity contribution in [1.29, 1.82) is 0 Å². The van der Waals surface area contributed by atoms with Gasteiger partial charge in [0.15, 0.2) is 0 Å². The summed E-state index contributed by atoms with van der Waals surface area (Å²) in [5, 5.41) is 6.92. The van der Waals surface area contributed by atoms with Crippen LogP contribution in [0.25, 0.3) is 11.1 Å². The van der Waals surface area contributed by atoms with Crippen molar-refractivity contribution in [2.45, 2.75) is 33.7 Å². The minimum atomic E-state index is -0.324. The van der Waals surface area contributed by atoms with E-state index in [-0.39, 0.29) is 23.7 Å². The summed E-state index contributed by atoms with van der Waals surface area (Å²) in [6.45, 7) is 5.24. The fourth-order valence-electron chi connectivity index (χ4n) is 2.64. The molecule has 3 aromatic rings. The third kappa shape index (κ3) is 2.80. The summed E-state index contributed by atoms with van der Waals surface area (Å²) >= 11 is 0. The van der Waals surface area contributed by atoms with Crippen molar-refractivity contribution in [1.82, 2.24) is 14.7 Å². The minimum absolute atomic E-state index is 0.115. The van der Waals surface area contributed by atoms with Gasteiger partial charge in [-0.05, 0) is 31.9 Å². The fraction of sp³-hybridized carbons (Fsp3) is 0.294. The number of carbonyl (C=O) groups is 1. The second-order valence-corrected chi connectivity index (χ2v) is 5.56. The molecule has 0 saturated heterocycles. The van der Waals surface area contributed by atoms with E-state index < -0.39 is 0 Å². The Hall–Kier alpha value is -2.96. The molecule has 0 radical (unpaired) electrons. The molecule has 0 saturated carbocycles. The summed E-state index contributed by atoms with van der Waals surface area (Å²) in [7, 11) is 0. The van der Waals surface area contributed by atoms with E-state index in [9.17, 15) is 9.59 Å². The summed E-state index contributed by atoms with van der Waals surface area (Å²) in [5.41, 5.74) is 2.13. The lowest BCUT2D eigenvalue weighted by Crippen LogP contribution is -2.30. The fourth-order valence-corrected chi connectivity index (χ4v) is 2.64. The normalized spacial score (nSPS) is 11.0. The molecular formula is C17H18N4O3. The van der Waals surface area contributed by atoms with Crippen molar-refractivity contribution in [3.63, 3.8) is 0 Å². The van der Waals surface area contributed by atoms with E-state index in [1.807, 2.05) is 31.2 Å². The van der Waals surface area contributed by atoms with Gasteiger partial charge in [0.25, 0.3) is 11.3 Å². The van der Waals surface area contributed by atoms with Gasteiger partial charge in [0.1, 0.15) is 17.8 Å². The van der Waals surface area contributed by atoms with Crippen LogP contribution in [0, 0.1) is 13.8 Å². The van der Waals surface area contributed by atoms with E-state index in [1.54, 1.807) is 13.8 Å². The summed E-state index contributed by atoms with van der Waals surface area (Å²) < 4.78 is 6.35. The van der Waals surface area contributed by atoms with E-state index in [0.29, 0.717) is 16.9 Å². The minimum Gasteiger partial charge on any atom is -0.335 e. The molecule has 1 aromatic carbocycles. The first-order valence-corrected chi connectivity index (χ1v) is 7.72. The van der Waals surface area contributed by atoms with Crippen LogP contribution in [0.15, 0.2) is 33.6 Å². The predicted molar refractivity (Wildman–Crippen MR) is 90.0 cm³/mol. The average Bonchev–Trinajstić information content (AvgIpc) is 2.92. The van der Waals surface area contributed by atoms with Crippen LogP contribution < -0.4 is 10.9 Å². The van der Waals surface area contributed by atoms with Crippen molar-refractivity contribution in [2.24, 2.45) is 0 Å². The first kappa shape index (κ1) is 15.9. The number of fused-ring (bicyclic) bond motifs is 1. The van der Waals surface area contributed by atoms with Crippen LogP contribution in [0.2, 0.25) is 0 Å². The van der Waals surface area contributed by atoms with E-state index in [1.165, 1.54) is 4.57 Å². The molecule has 0 bridgehead atoms. The summed E-state index contributed by atoms with van der Waals surface area (Å²) in [6.07, 6.45) is 0.808. The molecule has 3 rings (SSSR count). The van der Waals surface area contributed by atoms with Gasteiger partial charge in [-0.2, -0.15) is 4.98 Å². The molecule has 0 aliphatic carbocycles. The number of nitrogens with one attached hydrogen (secondary N) is 1. The highest BCUT2D eigenvalue weighted by Crippen LogP contribution is 2.16. The molecule has 2 aromatic heterocycles. The smallest absolute Gasteiger partial charge is 0.267 e. The number of aryl methyl sites for hydroxylation is 3. The van der Waals surface area contributed by atoms with E-state index >= 15 is 0 Å². The Labute approximate surface area is 138 Å². The van der Waals surface area contributed by atoms with E-state index in [4.69, 9.17) is 4.52 Å². The third-order valence-electron chi connectivity index (χ3n) is 3.93. The molecule has 0 fully saturated rings. The van der Waals surface area contributed by atoms with Crippen LogP contribution in [0.4, 0.5) is 5.69 Å². The lowest BCUT2D eigenvalue weighted by atomic mass is 10.1. The number of amides is 1. The molecule has 2 heterocycles. The second kappa shape index (κ2) is 6.27. The Kier molecular flexibility index (Phi) is 4.16. The van der Waals surface area contributed by atoms with Gasteiger partial charge >= 0.3 is 0 Å². The highest BCUT2D eigenvalue weighted by molar-refractivity contribution is 5.91. The molecule has 24 heavy (non-hydrogen) atoms. The molecule has 1 N–H and O–H groups in total. The lowest BCUT2D eigenvalue weighted by molar-refractivity contribution is -0.116. The average molecular weight is 326 g/mol. The van der Waals surface area contributed by atoms with Crippen LogP contribution in [-0.2, 0) is 17.8 Å². The van der Waals surface area contributed by atoms with Crippen molar-refractivity contribution in [3.05, 3.63) is 51.7 Å². The first-order chi connectivity index (χ1) is 11.5. The Morgan fingerprint density at radius 1 is 1.29 bits per heavy atom. The van der Waals surface area contributed by atoms with Gasteiger partial charge < -0.3 is 9.84 Å². The van der Waals surface area contributed by atoms with Gasteiger partial charge in [0, 0.05) is 5.69 Å². The standard InChI is InChI=1S/C17H18N4O3/c1-4-12-7-5-6-8-13(12)19-14(22)9-21-11(3)18-16-15(17(21)23)10(2)20-24-16/h5-8H,4,9H2,1-3H3,(H,19,22). The molecule has 0 spiro atoms. The van der Waals surface area contributed by atoms with Crippen molar-refractivity contribution in [3.8, 4) is 0 Å². The number of hydrogen-bond acceptors (Lipinski definition) is 5. The summed E-state index contributed by atoms with van der Waals surface area (Å²) in [6, 6.07) is 7.59. The van der Waals surface area contributed by atoms with Gasteiger partial charge in [-0.1, -0.05) is 30.3 Å². The maximum atomic E-state index is 12.6. The Balaban J connectivity index is 1.91. The van der Waals surface area contributed by atoms with Crippen LogP contribution in [0.3, 0.4) is 0 Å². The zero-order valence-electron chi connectivity index (χ0n) is 13.8. The van der Waals surface area contributed by atoms with E-state index in [2.05, 4.69) is 15.5 Å². The zero-order valence-corrected chi connectivity index (χ0v) is 13.8. The number of hydrogen-bond donors (Lipinski definition) is 1. The molecule has 1 amide bonds. The molecule has 0 atom stereocenters. The number of anilines is 1. The SMILES string of the molecule is CCc1ccccc1NC(=O)Cn1c(C)nc2onc(C)c2c1=O. The van der Waals surface area contributed by atoms with Gasteiger partial charge in [-0.15, -0.1) is 0 Å². The van der Waals surface area contributed by atoms with Crippen LogP contribution in [-0.4, -0.2) is 20.6 Å². The number of carbonyl (C=O) groups excluding carboxylic acids is 1. The quantitative estimate of drug-likeness (QED) is 0.794. The zero-order chi connectivity index (χ0) is 17.3. The molecular weight excluding hydrogens is 308 g/mol. The summed E-state index contributed by atoms with van der Waals surface area (Å²) in [5.74, 6) is 0.124. The molecule has 7 heteroatoms. The monoisotopic (exact) mass is 326 g/mol. The topological polar surface area (TPSA) is 90.0 Å². The Bertz CT molecular complexity index is 972. The van der Waals surface area contributed by atoms with Crippen LogP contribution in [0.5, 0.6) is 0 Å². The number of rotatable bonds is 4. The highest BCUT2D eigenvalue weighted by atomic mass is 16.5. The van der Waals surface area contributed by atoms with Gasteiger partial charge in [0.05, 0.1) is 5.69 Å². The molecule has 7 nitrogen and oxygen atoms in total. The highest BCUT2D eigenvalue weighted by Gasteiger charge is 2.17. The Morgan fingerprint density at radius 2 is 2.04 bits per heavy atom. The van der Waals surface area contributed by atoms with E-state index in [0.717, 1.165) is 17.7 Å². The Morgan fingerprint density at radius 3 is 2.79 bits per heavy atom. The number of para-hydroxylation sites is 1. The number of nitrogens with zero attached hydrogens (tertiary/aromatic N) is 3. The molecule has 0 unspecified atom stereocenters. The largest absolute Gasteiger partial charge is 0.335 e. The molecule has 0 aliphatic heterocycles. The van der Waals surface area contributed by atoms with Crippen LogP contribution in [0.1, 0.15) is 24.0 Å². The van der Waals surface area contributed by atoms with Gasteiger partial charge in [-0.25, -0.2) is 0 Å². The summed E-state index contributed by atoms with van der Waals surface area (Å²) in [4.78, 5) is 29.2. The molecule has 0 aliphatic rings. The van der Waals surface area contributed by atoms with Crippen molar-refractivity contribution < 1.29 is 9.32 Å².